The number of hydrogen-bond acceptors (Lipinski definition) is 6. The normalized spacial score (nSPS) is 10.3. The van der Waals surface area contributed by atoms with Crippen molar-refractivity contribution in [2.75, 3.05) is 12.4 Å². The number of ether oxygens (including phenoxy) is 1. The van der Waals surface area contributed by atoms with E-state index in [1.165, 1.54) is 6.07 Å². The van der Waals surface area contributed by atoms with Crippen LogP contribution in [0.1, 0.15) is 17.0 Å². The molecular weight excluding hydrogens is 272 g/mol. The van der Waals surface area contributed by atoms with Crippen LogP contribution in [0.25, 0.3) is 0 Å². The second-order valence-corrected chi connectivity index (χ2v) is 4.56. The molecule has 1 aromatic heterocycles. The number of aryl methyl sites for hydroxylation is 1. The van der Waals surface area contributed by atoms with E-state index >= 15 is 0 Å². The smallest absolute Gasteiger partial charge is 0.276 e. The molecule has 0 fully saturated rings. The molecule has 1 aromatic carbocycles. The van der Waals surface area contributed by atoms with Crippen LogP contribution in [0.2, 0.25) is 0 Å². The van der Waals surface area contributed by atoms with Crippen molar-refractivity contribution >= 4 is 11.5 Å². The third kappa shape index (κ3) is 2.91. The first-order valence-electron chi connectivity index (χ1n) is 6.39. The molecule has 2 aromatic rings. The zero-order chi connectivity index (χ0) is 15.6. The molecule has 21 heavy (non-hydrogen) atoms. The molecule has 1 heterocycles. The van der Waals surface area contributed by atoms with E-state index in [9.17, 15) is 10.1 Å². The Bertz CT molecular complexity index is 701. The van der Waals surface area contributed by atoms with Crippen molar-refractivity contribution in [1.82, 2.24) is 9.97 Å². The summed E-state index contributed by atoms with van der Waals surface area (Å²) in [5.74, 6) is 2.02. The number of nitrogens with one attached hydrogen (secondary N) is 1. The van der Waals surface area contributed by atoms with E-state index in [-0.39, 0.29) is 5.69 Å². The van der Waals surface area contributed by atoms with Gasteiger partial charge in [-0.25, -0.2) is 4.98 Å². The van der Waals surface area contributed by atoms with Crippen LogP contribution in [0.15, 0.2) is 18.2 Å². The van der Waals surface area contributed by atoms with Gasteiger partial charge in [0.15, 0.2) is 0 Å². The Morgan fingerprint density at radius 2 is 1.90 bits per heavy atom. The van der Waals surface area contributed by atoms with E-state index in [4.69, 9.17) is 4.74 Å². The van der Waals surface area contributed by atoms with Crippen molar-refractivity contribution in [3.63, 3.8) is 0 Å². The van der Waals surface area contributed by atoms with Crippen molar-refractivity contribution in [2.24, 2.45) is 0 Å². The number of benzene rings is 1. The van der Waals surface area contributed by atoms with Gasteiger partial charge in [0.2, 0.25) is 5.88 Å². The summed E-state index contributed by atoms with van der Waals surface area (Å²) in [6.07, 6.45) is 0. The molecule has 0 amide bonds. The third-order valence-electron chi connectivity index (χ3n) is 3.11. The number of rotatable bonds is 4. The van der Waals surface area contributed by atoms with Crippen molar-refractivity contribution in [3.05, 3.63) is 45.3 Å². The molecule has 0 spiro atoms. The van der Waals surface area contributed by atoms with Gasteiger partial charge in [0, 0.05) is 13.1 Å². The zero-order valence-electron chi connectivity index (χ0n) is 12.3. The molecule has 7 heteroatoms. The first kappa shape index (κ1) is 14.7. The highest BCUT2D eigenvalue weighted by atomic mass is 16.6. The van der Waals surface area contributed by atoms with Gasteiger partial charge in [0.05, 0.1) is 16.1 Å². The Hall–Kier alpha value is -2.70. The maximum absolute atomic E-state index is 11.0. The van der Waals surface area contributed by atoms with Gasteiger partial charge < -0.3 is 10.1 Å². The number of nitrogens with zero attached hydrogens (tertiary/aromatic N) is 3. The maximum atomic E-state index is 11.0. The summed E-state index contributed by atoms with van der Waals surface area (Å²) < 4.78 is 5.76. The summed E-state index contributed by atoms with van der Waals surface area (Å²) in [6.45, 7) is 5.23. The predicted molar refractivity (Wildman–Crippen MR) is 79.0 cm³/mol. The van der Waals surface area contributed by atoms with Crippen LogP contribution in [0, 0.1) is 30.9 Å². The molecule has 0 bridgehead atoms. The molecule has 0 saturated carbocycles. The van der Waals surface area contributed by atoms with Gasteiger partial charge in [-0.05, 0) is 26.8 Å². The van der Waals surface area contributed by atoms with Crippen LogP contribution in [-0.4, -0.2) is 21.9 Å². The zero-order valence-corrected chi connectivity index (χ0v) is 12.3. The average molecular weight is 288 g/mol. The summed E-state index contributed by atoms with van der Waals surface area (Å²) in [6, 6.07) is 4.71. The van der Waals surface area contributed by atoms with Gasteiger partial charge in [0.1, 0.15) is 17.4 Å². The fourth-order valence-corrected chi connectivity index (χ4v) is 1.96. The van der Waals surface area contributed by atoms with E-state index in [0.29, 0.717) is 28.8 Å². The maximum Gasteiger partial charge on any atom is 0.276 e. The minimum atomic E-state index is -0.431. The van der Waals surface area contributed by atoms with E-state index in [2.05, 4.69) is 15.3 Å². The quantitative estimate of drug-likeness (QED) is 0.686. The van der Waals surface area contributed by atoms with Crippen LogP contribution in [0.4, 0.5) is 11.5 Å². The largest absolute Gasteiger partial charge is 0.438 e. The second-order valence-electron chi connectivity index (χ2n) is 4.56. The van der Waals surface area contributed by atoms with Gasteiger partial charge in [0.25, 0.3) is 5.69 Å². The Kier molecular flexibility index (Phi) is 4.02. The highest BCUT2D eigenvalue weighted by Crippen LogP contribution is 2.32. The fourth-order valence-electron chi connectivity index (χ4n) is 1.96. The van der Waals surface area contributed by atoms with Crippen LogP contribution in [-0.2, 0) is 0 Å². The van der Waals surface area contributed by atoms with Crippen LogP contribution < -0.4 is 10.1 Å². The predicted octanol–water partition coefficient (Wildman–Crippen LogP) is 3.14. The van der Waals surface area contributed by atoms with Crippen LogP contribution in [0.3, 0.4) is 0 Å². The lowest BCUT2D eigenvalue weighted by molar-refractivity contribution is -0.385. The van der Waals surface area contributed by atoms with Gasteiger partial charge in [-0.2, -0.15) is 4.98 Å². The lowest BCUT2D eigenvalue weighted by atomic mass is 10.2. The average Bonchev–Trinajstić information content (AvgIpc) is 2.44. The van der Waals surface area contributed by atoms with Gasteiger partial charge in [-0.1, -0.05) is 6.07 Å². The number of hydrogen-bond donors (Lipinski definition) is 1. The van der Waals surface area contributed by atoms with Gasteiger partial charge in [-0.3, -0.25) is 10.1 Å². The van der Waals surface area contributed by atoms with E-state index < -0.39 is 4.92 Å². The Morgan fingerprint density at radius 3 is 2.52 bits per heavy atom. The molecule has 0 atom stereocenters. The van der Waals surface area contributed by atoms with Crippen molar-refractivity contribution in [1.29, 1.82) is 0 Å². The Labute approximate surface area is 122 Å². The molecule has 2 rings (SSSR count). The highest BCUT2D eigenvalue weighted by Gasteiger charge is 2.17. The number of aromatic nitrogens is 2. The summed E-state index contributed by atoms with van der Waals surface area (Å²) in [7, 11) is 1.76. The van der Waals surface area contributed by atoms with Gasteiger partial charge >= 0.3 is 0 Å². The first-order valence-corrected chi connectivity index (χ1v) is 6.39. The van der Waals surface area contributed by atoms with Crippen LogP contribution >= 0.6 is 0 Å². The molecule has 0 aliphatic carbocycles. The lowest BCUT2D eigenvalue weighted by Gasteiger charge is -2.13. The summed E-state index contributed by atoms with van der Waals surface area (Å²) in [5.41, 5.74) is 1.22. The SMILES string of the molecule is CNc1nc(C)nc(Oc2cccc([N+](=O)[O-])c2C)c1C. The molecule has 1 N–H and O–H groups in total. The van der Waals surface area contributed by atoms with E-state index in [1.54, 1.807) is 33.0 Å². The number of nitro groups is 1. The molecule has 0 aliphatic heterocycles. The number of anilines is 1. The Balaban J connectivity index is 2.46. The first-order chi connectivity index (χ1) is 9.93. The molecule has 0 radical (unpaired) electrons. The highest BCUT2D eigenvalue weighted by molar-refractivity contribution is 5.52. The molecular formula is C14H16N4O3. The molecule has 0 aliphatic rings. The minimum absolute atomic E-state index is 0.0183. The summed E-state index contributed by atoms with van der Waals surface area (Å²) in [4.78, 5) is 19.0. The lowest BCUT2D eigenvalue weighted by Crippen LogP contribution is -2.03. The molecule has 0 unspecified atom stereocenters. The second kappa shape index (κ2) is 5.74. The molecule has 7 nitrogen and oxygen atoms in total. The van der Waals surface area contributed by atoms with Crippen LogP contribution in [0.5, 0.6) is 11.6 Å². The van der Waals surface area contributed by atoms with E-state index in [0.717, 1.165) is 5.56 Å². The summed E-state index contributed by atoms with van der Waals surface area (Å²) >= 11 is 0. The molecule has 110 valence electrons. The fraction of sp³-hybridized carbons (Fsp3) is 0.286. The summed E-state index contributed by atoms with van der Waals surface area (Å²) in [5, 5.41) is 13.9. The van der Waals surface area contributed by atoms with E-state index in [1.807, 2.05) is 6.92 Å². The minimum Gasteiger partial charge on any atom is -0.438 e. The van der Waals surface area contributed by atoms with Crippen molar-refractivity contribution in [3.8, 4) is 11.6 Å². The van der Waals surface area contributed by atoms with Crippen molar-refractivity contribution < 1.29 is 9.66 Å². The topological polar surface area (TPSA) is 90.2 Å². The molecule has 0 saturated heterocycles. The van der Waals surface area contributed by atoms with Crippen molar-refractivity contribution in [2.45, 2.75) is 20.8 Å². The van der Waals surface area contributed by atoms with Gasteiger partial charge in [-0.15, -0.1) is 0 Å². The standard InChI is InChI=1S/C14H16N4O3/c1-8-11(18(19)20)6-5-7-12(8)21-14-9(2)13(15-4)16-10(3)17-14/h5-7H,1-4H3,(H,15,16,17). The number of nitro benzene ring substituents is 1. The third-order valence-corrected chi connectivity index (χ3v) is 3.11. The monoisotopic (exact) mass is 288 g/mol. The Morgan fingerprint density at radius 1 is 1.19 bits per heavy atom.